The number of rotatable bonds is 13. The summed E-state index contributed by atoms with van der Waals surface area (Å²) in [6.45, 7) is 6.89. The summed E-state index contributed by atoms with van der Waals surface area (Å²) in [7, 11) is 0. The number of hydrogen-bond donors (Lipinski definition) is 6. The quantitative estimate of drug-likeness (QED) is 0.221. The van der Waals surface area contributed by atoms with Crippen LogP contribution in [0.5, 0.6) is 0 Å². The summed E-state index contributed by atoms with van der Waals surface area (Å²) < 4.78 is 0. The highest BCUT2D eigenvalue weighted by Gasteiger charge is 2.33. The number of carbonyl (C=O) groups excluding carboxylic acids is 3. The van der Waals surface area contributed by atoms with E-state index in [0.29, 0.717) is 12.8 Å². The minimum atomic E-state index is -1.63. The maximum atomic E-state index is 12.7. The van der Waals surface area contributed by atoms with E-state index in [4.69, 9.17) is 15.9 Å². The fourth-order valence-corrected chi connectivity index (χ4v) is 2.55. The van der Waals surface area contributed by atoms with Crippen LogP contribution in [0.25, 0.3) is 0 Å². The van der Waals surface area contributed by atoms with Crippen LogP contribution in [0.3, 0.4) is 0 Å². The SMILES string of the molecule is CCC(C)C(NC(=O)C(CC(C)C)NC(=O)CN)C(=O)NC(CC(=O)O)C(=O)O. The molecule has 0 aliphatic rings. The number of carboxylic acid groups (broad SMARTS) is 2. The average Bonchev–Trinajstić information content (AvgIpc) is 2.62. The Morgan fingerprint density at radius 3 is 1.90 bits per heavy atom. The van der Waals surface area contributed by atoms with E-state index in [9.17, 15) is 24.0 Å². The molecule has 0 rings (SSSR count). The van der Waals surface area contributed by atoms with E-state index in [0.717, 1.165) is 0 Å². The van der Waals surface area contributed by atoms with E-state index in [1.54, 1.807) is 13.8 Å². The highest BCUT2D eigenvalue weighted by Crippen LogP contribution is 2.11. The summed E-state index contributed by atoms with van der Waals surface area (Å²) in [5.41, 5.74) is 5.28. The third-order valence-electron chi connectivity index (χ3n) is 4.33. The van der Waals surface area contributed by atoms with Crippen LogP contribution in [0.4, 0.5) is 0 Å². The lowest BCUT2D eigenvalue weighted by molar-refractivity contribution is -0.147. The van der Waals surface area contributed by atoms with Crippen LogP contribution >= 0.6 is 0 Å². The minimum absolute atomic E-state index is 0.0617. The molecule has 11 nitrogen and oxygen atoms in total. The van der Waals surface area contributed by atoms with Gasteiger partial charge in [-0.25, -0.2) is 4.79 Å². The zero-order valence-corrected chi connectivity index (χ0v) is 17.2. The van der Waals surface area contributed by atoms with Gasteiger partial charge in [0.1, 0.15) is 18.1 Å². The van der Waals surface area contributed by atoms with Crippen molar-refractivity contribution < 1.29 is 34.2 Å². The molecule has 0 aliphatic heterocycles. The van der Waals surface area contributed by atoms with E-state index in [1.165, 1.54) is 0 Å². The van der Waals surface area contributed by atoms with Gasteiger partial charge in [0.05, 0.1) is 13.0 Å². The van der Waals surface area contributed by atoms with Gasteiger partial charge in [0.15, 0.2) is 0 Å². The number of nitrogens with two attached hydrogens (primary N) is 1. The fourth-order valence-electron chi connectivity index (χ4n) is 2.55. The number of hydrogen-bond acceptors (Lipinski definition) is 6. The largest absolute Gasteiger partial charge is 0.481 e. The first kappa shape index (κ1) is 26.3. The Morgan fingerprint density at radius 2 is 1.48 bits per heavy atom. The summed E-state index contributed by atoms with van der Waals surface area (Å²) in [5.74, 6) is -5.13. The van der Waals surface area contributed by atoms with Gasteiger partial charge in [-0.2, -0.15) is 0 Å². The van der Waals surface area contributed by atoms with Crippen molar-refractivity contribution in [2.24, 2.45) is 17.6 Å². The van der Waals surface area contributed by atoms with E-state index < -0.39 is 54.2 Å². The molecule has 0 aromatic rings. The predicted molar refractivity (Wildman–Crippen MR) is 104 cm³/mol. The van der Waals surface area contributed by atoms with Crippen molar-refractivity contribution in [2.45, 2.75) is 65.1 Å². The molecular formula is C18H32N4O7. The van der Waals surface area contributed by atoms with Gasteiger partial charge in [-0.05, 0) is 18.3 Å². The number of amides is 3. The standard InChI is InChI=1S/C18H32N4O7/c1-5-10(4)15(17(27)21-12(18(28)29)7-14(24)25)22-16(26)11(6-9(2)3)20-13(23)8-19/h9-12,15H,5-8,19H2,1-4H3,(H,20,23)(H,21,27)(H,22,26)(H,24,25)(H,28,29). The molecule has 0 heterocycles. The lowest BCUT2D eigenvalue weighted by Gasteiger charge is -2.28. The van der Waals surface area contributed by atoms with Gasteiger partial charge in [0, 0.05) is 0 Å². The van der Waals surface area contributed by atoms with Crippen LogP contribution in [0, 0.1) is 11.8 Å². The fraction of sp³-hybridized carbons (Fsp3) is 0.722. The topological polar surface area (TPSA) is 188 Å². The molecule has 0 aromatic heterocycles. The van der Waals surface area contributed by atoms with Crippen molar-refractivity contribution in [3.8, 4) is 0 Å². The highest BCUT2D eigenvalue weighted by molar-refractivity contribution is 5.94. The molecule has 4 atom stereocenters. The first-order valence-electron chi connectivity index (χ1n) is 9.47. The van der Waals surface area contributed by atoms with Gasteiger partial charge in [-0.1, -0.05) is 34.1 Å². The van der Waals surface area contributed by atoms with Crippen molar-refractivity contribution >= 4 is 29.7 Å². The Bertz CT molecular complexity index is 609. The van der Waals surface area contributed by atoms with Crippen molar-refractivity contribution in [3.63, 3.8) is 0 Å². The molecule has 0 fully saturated rings. The van der Waals surface area contributed by atoms with E-state index in [-0.39, 0.29) is 18.4 Å². The maximum absolute atomic E-state index is 12.7. The first-order valence-corrected chi connectivity index (χ1v) is 9.47. The van der Waals surface area contributed by atoms with Gasteiger partial charge in [-0.3, -0.25) is 19.2 Å². The highest BCUT2D eigenvalue weighted by atomic mass is 16.4. The zero-order valence-electron chi connectivity index (χ0n) is 17.2. The number of carboxylic acids is 2. The molecule has 0 bridgehead atoms. The summed E-state index contributed by atoms with van der Waals surface area (Å²) in [5, 5.41) is 25.2. The Morgan fingerprint density at radius 1 is 0.897 bits per heavy atom. The maximum Gasteiger partial charge on any atom is 0.326 e. The minimum Gasteiger partial charge on any atom is -0.481 e. The van der Waals surface area contributed by atoms with Gasteiger partial charge < -0.3 is 31.9 Å². The van der Waals surface area contributed by atoms with Crippen LogP contribution in [0.15, 0.2) is 0 Å². The molecule has 4 unspecified atom stereocenters. The van der Waals surface area contributed by atoms with Gasteiger partial charge in [0.25, 0.3) is 0 Å². The van der Waals surface area contributed by atoms with Gasteiger partial charge in [-0.15, -0.1) is 0 Å². The average molecular weight is 416 g/mol. The van der Waals surface area contributed by atoms with Crippen molar-refractivity contribution in [3.05, 3.63) is 0 Å². The second-order valence-corrected chi connectivity index (χ2v) is 7.32. The van der Waals surface area contributed by atoms with Crippen LogP contribution in [-0.2, 0) is 24.0 Å². The summed E-state index contributed by atoms with van der Waals surface area (Å²) in [4.78, 5) is 59.0. The number of aliphatic carboxylic acids is 2. The smallest absolute Gasteiger partial charge is 0.326 e. The Labute approximate surface area is 169 Å². The molecule has 7 N–H and O–H groups in total. The Kier molecular flexibility index (Phi) is 11.5. The molecule has 0 saturated carbocycles. The van der Waals surface area contributed by atoms with Crippen molar-refractivity contribution in [1.29, 1.82) is 0 Å². The molecule has 0 aromatic carbocycles. The number of carbonyl (C=O) groups is 5. The lowest BCUT2D eigenvalue weighted by atomic mass is 9.96. The summed E-state index contributed by atoms with van der Waals surface area (Å²) >= 11 is 0. The Balaban J connectivity index is 5.45. The monoisotopic (exact) mass is 416 g/mol. The van der Waals surface area contributed by atoms with Gasteiger partial charge >= 0.3 is 11.9 Å². The summed E-state index contributed by atoms with van der Waals surface area (Å²) in [6.07, 6.45) is -0.00694. The van der Waals surface area contributed by atoms with Crippen LogP contribution in [0.2, 0.25) is 0 Å². The molecule has 0 aliphatic carbocycles. The molecule has 166 valence electrons. The third kappa shape index (κ3) is 9.88. The lowest BCUT2D eigenvalue weighted by Crippen LogP contribution is -2.58. The van der Waals surface area contributed by atoms with E-state index in [2.05, 4.69) is 16.0 Å². The second-order valence-electron chi connectivity index (χ2n) is 7.32. The predicted octanol–water partition coefficient (Wildman–Crippen LogP) is -0.949. The molecule has 11 heteroatoms. The van der Waals surface area contributed by atoms with Gasteiger partial charge in [0.2, 0.25) is 17.7 Å². The van der Waals surface area contributed by atoms with Crippen molar-refractivity contribution in [1.82, 2.24) is 16.0 Å². The second kappa shape index (κ2) is 12.7. The molecule has 3 amide bonds. The van der Waals surface area contributed by atoms with Crippen molar-refractivity contribution in [2.75, 3.05) is 6.54 Å². The summed E-state index contributed by atoms with van der Waals surface area (Å²) in [6, 6.07) is -3.65. The molecule has 29 heavy (non-hydrogen) atoms. The van der Waals surface area contributed by atoms with Crippen LogP contribution in [-0.4, -0.2) is 64.5 Å². The van der Waals surface area contributed by atoms with Crippen LogP contribution < -0.4 is 21.7 Å². The van der Waals surface area contributed by atoms with E-state index >= 15 is 0 Å². The number of nitrogens with one attached hydrogen (secondary N) is 3. The third-order valence-corrected chi connectivity index (χ3v) is 4.33. The molecule has 0 spiro atoms. The Hall–Kier alpha value is -2.69. The molecule has 0 saturated heterocycles. The molecular weight excluding hydrogens is 384 g/mol. The van der Waals surface area contributed by atoms with E-state index in [1.807, 2.05) is 13.8 Å². The molecule has 0 radical (unpaired) electrons. The zero-order chi connectivity index (χ0) is 22.7. The van der Waals surface area contributed by atoms with Crippen LogP contribution in [0.1, 0.15) is 47.0 Å². The normalized spacial score (nSPS) is 15.0. The first-order chi connectivity index (χ1) is 13.4.